The first-order valence-corrected chi connectivity index (χ1v) is 6.93. The number of ether oxygens (including phenoxy) is 1. The highest BCUT2D eigenvalue weighted by Gasteiger charge is 2.12. The lowest BCUT2D eigenvalue weighted by molar-refractivity contribution is 0.410. The summed E-state index contributed by atoms with van der Waals surface area (Å²) in [5.74, 6) is 1.01. The summed E-state index contributed by atoms with van der Waals surface area (Å²) in [6.45, 7) is 5.49. The van der Waals surface area contributed by atoms with Crippen LogP contribution in [0.25, 0.3) is 0 Å². The van der Waals surface area contributed by atoms with E-state index in [0.29, 0.717) is 6.04 Å². The van der Waals surface area contributed by atoms with Gasteiger partial charge in [0, 0.05) is 12.6 Å². The number of nitrogens with one attached hydrogen (secondary N) is 2. The van der Waals surface area contributed by atoms with Crippen molar-refractivity contribution in [3.8, 4) is 5.75 Å². The van der Waals surface area contributed by atoms with Crippen LogP contribution in [0.5, 0.6) is 5.75 Å². The summed E-state index contributed by atoms with van der Waals surface area (Å²) in [5.41, 5.74) is 2.70. The number of rotatable bonds is 6. The Hall–Kier alpha value is -1.06. The third kappa shape index (κ3) is 3.47. The zero-order valence-corrected chi connectivity index (χ0v) is 11.5. The first-order valence-electron chi connectivity index (χ1n) is 6.93. The highest BCUT2D eigenvalue weighted by molar-refractivity contribution is 5.37. The van der Waals surface area contributed by atoms with Gasteiger partial charge in [-0.1, -0.05) is 19.1 Å². The molecule has 1 unspecified atom stereocenters. The molecule has 2 rings (SSSR count). The SMILES string of the molecule is CCc1cc(CCNC2CCNC2)ccc1OC. The van der Waals surface area contributed by atoms with Crippen molar-refractivity contribution in [3.63, 3.8) is 0 Å². The van der Waals surface area contributed by atoms with Crippen LogP contribution in [0.4, 0.5) is 0 Å². The third-order valence-corrected chi connectivity index (χ3v) is 3.63. The maximum Gasteiger partial charge on any atom is 0.122 e. The van der Waals surface area contributed by atoms with Gasteiger partial charge >= 0.3 is 0 Å². The van der Waals surface area contributed by atoms with Crippen LogP contribution in [-0.4, -0.2) is 32.8 Å². The Bertz CT molecular complexity index is 373. The average Bonchev–Trinajstić information content (AvgIpc) is 2.91. The van der Waals surface area contributed by atoms with Gasteiger partial charge in [-0.3, -0.25) is 0 Å². The number of methoxy groups -OCH3 is 1. The van der Waals surface area contributed by atoms with E-state index in [9.17, 15) is 0 Å². The molecule has 0 radical (unpaired) electrons. The zero-order valence-electron chi connectivity index (χ0n) is 11.5. The molecule has 1 heterocycles. The molecule has 0 aromatic heterocycles. The Labute approximate surface area is 110 Å². The second kappa shape index (κ2) is 6.76. The van der Waals surface area contributed by atoms with E-state index in [4.69, 9.17) is 4.74 Å². The van der Waals surface area contributed by atoms with Crippen molar-refractivity contribution in [2.75, 3.05) is 26.7 Å². The topological polar surface area (TPSA) is 33.3 Å². The van der Waals surface area contributed by atoms with Gasteiger partial charge in [0.15, 0.2) is 0 Å². The molecule has 0 saturated carbocycles. The number of hydrogen-bond acceptors (Lipinski definition) is 3. The molecular weight excluding hydrogens is 224 g/mol. The fraction of sp³-hybridized carbons (Fsp3) is 0.600. The molecule has 18 heavy (non-hydrogen) atoms. The molecule has 1 saturated heterocycles. The van der Waals surface area contributed by atoms with Crippen LogP contribution in [-0.2, 0) is 12.8 Å². The van der Waals surface area contributed by atoms with Gasteiger partial charge in [-0.15, -0.1) is 0 Å². The summed E-state index contributed by atoms with van der Waals surface area (Å²) >= 11 is 0. The predicted octanol–water partition coefficient (Wildman–Crippen LogP) is 1.75. The highest BCUT2D eigenvalue weighted by Crippen LogP contribution is 2.20. The molecule has 3 nitrogen and oxygen atoms in total. The van der Waals surface area contributed by atoms with Crippen LogP contribution < -0.4 is 15.4 Å². The third-order valence-electron chi connectivity index (χ3n) is 3.63. The summed E-state index contributed by atoms with van der Waals surface area (Å²) in [6, 6.07) is 7.19. The average molecular weight is 248 g/mol. The predicted molar refractivity (Wildman–Crippen MR) is 75.4 cm³/mol. The minimum atomic E-state index is 0.661. The normalized spacial score (nSPS) is 19.1. The molecular formula is C15H24N2O. The second-order valence-electron chi connectivity index (χ2n) is 4.89. The Morgan fingerprint density at radius 2 is 2.33 bits per heavy atom. The van der Waals surface area contributed by atoms with Crippen LogP contribution in [0.15, 0.2) is 18.2 Å². The molecule has 1 aromatic rings. The monoisotopic (exact) mass is 248 g/mol. The molecule has 1 atom stereocenters. The van der Waals surface area contributed by atoms with Crippen molar-refractivity contribution in [3.05, 3.63) is 29.3 Å². The van der Waals surface area contributed by atoms with E-state index < -0.39 is 0 Å². The van der Waals surface area contributed by atoms with Crippen LogP contribution in [0.3, 0.4) is 0 Å². The van der Waals surface area contributed by atoms with E-state index in [2.05, 4.69) is 35.8 Å². The van der Waals surface area contributed by atoms with Gasteiger partial charge in [-0.05, 0) is 49.5 Å². The molecule has 2 N–H and O–H groups in total. The van der Waals surface area contributed by atoms with Gasteiger partial charge in [-0.2, -0.15) is 0 Å². The minimum Gasteiger partial charge on any atom is -0.496 e. The van der Waals surface area contributed by atoms with Crippen molar-refractivity contribution in [1.82, 2.24) is 10.6 Å². The highest BCUT2D eigenvalue weighted by atomic mass is 16.5. The molecule has 1 aromatic carbocycles. The van der Waals surface area contributed by atoms with E-state index in [1.807, 2.05) is 0 Å². The van der Waals surface area contributed by atoms with Crippen molar-refractivity contribution in [2.45, 2.75) is 32.2 Å². The van der Waals surface area contributed by atoms with Crippen LogP contribution >= 0.6 is 0 Å². The smallest absolute Gasteiger partial charge is 0.122 e. The van der Waals surface area contributed by atoms with E-state index >= 15 is 0 Å². The summed E-state index contributed by atoms with van der Waals surface area (Å²) < 4.78 is 5.35. The summed E-state index contributed by atoms with van der Waals surface area (Å²) in [4.78, 5) is 0. The molecule has 100 valence electrons. The van der Waals surface area contributed by atoms with Crippen molar-refractivity contribution < 1.29 is 4.74 Å². The number of hydrogen-bond donors (Lipinski definition) is 2. The summed E-state index contributed by atoms with van der Waals surface area (Å²) in [5, 5.41) is 6.98. The first kappa shape index (κ1) is 13.4. The van der Waals surface area contributed by atoms with Gasteiger partial charge in [0.1, 0.15) is 5.75 Å². The minimum absolute atomic E-state index is 0.661. The van der Waals surface area contributed by atoms with E-state index in [0.717, 1.165) is 38.2 Å². The van der Waals surface area contributed by atoms with Gasteiger partial charge in [-0.25, -0.2) is 0 Å². The van der Waals surface area contributed by atoms with Crippen LogP contribution in [0, 0.1) is 0 Å². The number of aryl methyl sites for hydroxylation is 1. The fourth-order valence-electron chi connectivity index (χ4n) is 2.51. The molecule has 1 aliphatic rings. The first-order chi connectivity index (χ1) is 8.83. The summed E-state index contributed by atoms with van der Waals surface area (Å²) in [7, 11) is 1.74. The molecule has 3 heteroatoms. The Balaban J connectivity index is 1.84. The maximum atomic E-state index is 5.35. The Morgan fingerprint density at radius 3 is 3.00 bits per heavy atom. The maximum absolute atomic E-state index is 5.35. The molecule has 1 aliphatic heterocycles. The molecule has 0 bridgehead atoms. The van der Waals surface area contributed by atoms with Gasteiger partial charge in [0.25, 0.3) is 0 Å². The molecule has 1 fully saturated rings. The van der Waals surface area contributed by atoms with Crippen molar-refractivity contribution in [1.29, 1.82) is 0 Å². The van der Waals surface area contributed by atoms with Crippen LogP contribution in [0.2, 0.25) is 0 Å². The van der Waals surface area contributed by atoms with E-state index in [1.54, 1.807) is 7.11 Å². The zero-order chi connectivity index (χ0) is 12.8. The largest absolute Gasteiger partial charge is 0.496 e. The lowest BCUT2D eigenvalue weighted by Crippen LogP contribution is -2.32. The fourth-order valence-corrected chi connectivity index (χ4v) is 2.51. The second-order valence-corrected chi connectivity index (χ2v) is 4.89. The Kier molecular flexibility index (Phi) is 5.02. The summed E-state index contributed by atoms with van der Waals surface area (Å²) in [6.07, 6.45) is 3.37. The lowest BCUT2D eigenvalue weighted by Gasteiger charge is -2.12. The van der Waals surface area contributed by atoms with E-state index in [1.165, 1.54) is 17.5 Å². The molecule has 0 spiro atoms. The van der Waals surface area contributed by atoms with Gasteiger partial charge < -0.3 is 15.4 Å². The quantitative estimate of drug-likeness (QED) is 0.804. The Morgan fingerprint density at radius 1 is 1.44 bits per heavy atom. The molecule has 0 aliphatic carbocycles. The number of benzene rings is 1. The molecule has 0 amide bonds. The van der Waals surface area contributed by atoms with Crippen molar-refractivity contribution >= 4 is 0 Å². The lowest BCUT2D eigenvalue weighted by atomic mass is 10.1. The van der Waals surface area contributed by atoms with Gasteiger partial charge in [0.2, 0.25) is 0 Å². The standard InChI is InChI=1S/C15H24N2O/c1-3-13-10-12(4-5-15(13)18-2)6-9-17-14-7-8-16-11-14/h4-5,10,14,16-17H,3,6-9,11H2,1-2H3. The van der Waals surface area contributed by atoms with Gasteiger partial charge in [0.05, 0.1) is 7.11 Å². The van der Waals surface area contributed by atoms with Crippen molar-refractivity contribution in [2.24, 2.45) is 0 Å². The van der Waals surface area contributed by atoms with E-state index in [-0.39, 0.29) is 0 Å². The van der Waals surface area contributed by atoms with Crippen LogP contribution in [0.1, 0.15) is 24.5 Å².